The summed E-state index contributed by atoms with van der Waals surface area (Å²) >= 11 is 0. The number of nitrogens with one attached hydrogen (secondary N) is 1. The molecule has 1 heterocycles. The lowest BCUT2D eigenvalue weighted by Gasteiger charge is -2.09. The second-order valence-corrected chi connectivity index (χ2v) is 4.08. The zero-order valence-electron chi connectivity index (χ0n) is 10.2. The van der Waals surface area contributed by atoms with Gasteiger partial charge in [-0.3, -0.25) is 0 Å². The Kier molecular flexibility index (Phi) is 3.24. The summed E-state index contributed by atoms with van der Waals surface area (Å²) in [4.78, 5) is 4.26. The van der Waals surface area contributed by atoms with E-state index in [0.29, 0.717) is 17.1 Å². The van der Waals surface area contributed by atoms with Crippen molar-refractivity contribution in [2.75, 3.05) is 5.32 Å². The van der Waals surface area contributed by atoms with Crippen LogP contribution in [0.3, 0.4) is 0 Å². The number of hydrogen-bond acceptors (Lipinski definition) is 3. The molecule has 0 unspecified atom stereocenters. The largest absolute Gasteiger partial charge is 0.340 e. The van der Waals surface area contributed by atoms with Crippen LogP contribution in [0.1, 0.15) is 16.8 Å². The molecule has 0 saturated carbocycles. The van der Waals surface area contributed by atoms with E-state index in [9.17, 15) is 4.39 Å². The quantitative estimate of drug-likeness (QED) is 0.876. The van der Waals surface area contributed by atoms with E-state index in [1.165, 1.54) is 12.1 Å². The molecule has 0 amide bonds. The van der Waals surface area contributed by atoms with E-state index in [1.807, 2.05) is 13.8 Å². The second-order valence-electron chi connectivity index (χ2n) is 4.08. The number of rotatable bonds is 2. The highest BCUT2D eigenvalue weighted by Crippen LogP contribution is 2.21. The van der Waals surface area contributed by atoms with Crippen LogP contribution in [-0.4, -0.2) is 4.98 Å². The number of aryl methyl sites for hydroxylation is 2. The highest BCUT2D eigenvalue weighted by Gasteiger charge is 2.04. The Morgan fingerprint density at radius 2 is 2.00 bits per heavy atom. The fraction of sp³-hybridized carbons (Fsp3) is 0.143. The maximum absolute atomic E-state index is 13.2. The van der Waals surface area contributed by atoms with Gasteiger partial charge in [-0.2, -0.15) is 5.26 Å². The van der Waals surface area contributed by atoms with Crippen LogP contribution in [-0.2, 0) is 0 Å². The van der Waals surface area contributed by atoms with Crippen molar-refractivity contribution in [3.63, 3.8) is 0 Å². The normalized spacial score (nSPS) is 9.89. The van der Waals surface area contributed by atoms with Gasteiger partial charge in [0, 0.05) is 11.4 Å². The zero-order valence-corrected chi connectivity index (χ0v) is 10.2. The third-order valence-electron chi connectivity index (χ3n) is 2.54. The number of nitriles is 1. The monoisotopic (exact) mass is 241 g/mol. The van der Waals surface area contributed by atoms with Crippen LogP contribution in [0.4, 0.5) is 15.9 Å². The topological polar surface area (TPSA) is 48.7 Å². The minimum Gasteiger partial charge on any atom is -0.340 e. The van der Waals surface area contributed by atoms with Crippen LogP contribution in [0, 0.1) is 31.0 Å². The molecule has 0 bridgehead atoms. The second kappa shape index (κ2) is 4.84. The molecule has 0 spiro atoms. The fourth-order valence-corrected chi connectivity index (χ4v) is 1.66. The lowest BCUT2D eigenvalue weighted by atomic mass is 10.2. The highest BCUT2D eigenvalue weighted by atomic mass is 19.1. The summed E-state index contributed by atoms with van der Waals surface area (Å²) in [6, 6.07) is 9.91. The standard InChI is InChI=1S/C14H12FN3/c1-9-3-4-12(15)7-13(9)18-14-6-11(8-16)5-10(2)17-14/h3-7H,1-2H3,(H,17,18). The maximum Gasteiger partial charge on any atom is 0.131 e. The molecular weight excluding hydrogens is 229 g/mol. The van der Waals surface area contributed by atoms with Crippen LogP contribution in [0.5, 0.6) is 0 Å². The number of nitrogens with zero attached hydrogens (tertiary/aromatic N) is 2. The molecule has 0 fully saturated rings. The van der Waals surface area contributed by atoms with Crippen molar-refractivity contribution in [2.45, 2.75) is 13.8 Å². The summed E-state index contributed by atoms with van der Waals surface area (Å²) in [5, 5.41) is 11.9. The van der Waals surface area contributed by atoms with E-state index in [2.05, 4.69) is 16.4 Å². The zero-order chi connectivity index (χ0) is 13.1. The molecule has 1 aromatic heterocycles. The highest BCUT2D eigenvalue weighted by molar-refractivity contribution is 5.61. The molecule has 1 N–H and O–H groups in total. The molecule has 0 atom stereocenters. The molecule has 4 heteroatoms. The molecule has 2 aromatic rings. The SMILES string of the molecule is Cc1cc(C#N)cc(Nc2cc(F)ccc2C)n1. The number of aromatic nitrogens is 1. The molecule has 0 aliphatic carbocycles. The number of halogens is 1. The Bertz CT molecular complexity index is 629. The van der Waals surface area contributed by atoms with Crippen LogP contribution in [0.2, 0.25) is 0 Å². The summed E-state index contributed by atoms with van der Waals surface area (Å²) in [5.41, 5.74) is 2.83. The first-order chi connectivity index (χ1) is 8.58. The fourth-order valence-electron chi connectivity index (χ4n) is 1.66. The lowest BCUT2D eigenvalue weighted by Crippen LogP contribution is -1.98. The van der Waals surface area contributed by atoms with Crippen molar-refractivity contribution in [2.24, 2.45) is 0 Å². The van der Waals surface area contributed by atoms with Crippen molar-refractivity contribution >= 4 is 11.5 Å². The summed E-state index contributed by atoms with van der Waals surface area (Å²) in [6.07, 6.45) is 0. The molecule has 2 rings (SSSR count). The number of anilines is 2. The summed E-state index contributed by atoms with van der Waals surface area (Å²) in [6.45, 7) is 3.69. The van der Waals surface area contributed by atoms with Crippen molar-refractivity contribution in [3.8, 4) is 6.07 Å². The minimum atomic E-state index is -0.309. The molecule has 0 aliphatic rings. The van der Waals surface area contributed by atoms with Crippen molar-refractivity contribution < 1.29 is 4.39 Å². The number of pyridine rings is 1. The van der Waals surface area contributed by atoms with Crippen molar-refractivity contribution in [1.29, 1.82) is 5.26 Å². The van der Waals surface area contributed by atoms with Gasteiger partial charge in [-0.25, -0.2) is 9.37 Å². The van der Waals surface area contributed by atoms with E-state index in [0.717, 1.165) is 11.3 Å². The molecule has 0 radical (unpaired) electrons. The molecule has 90 valence electrons. The first-order valence-electron chi connectivity index (χ1n) is 5.50. The molecule has 3 nitrogen and oxygen atoms in total. The van der Waals surface area contributed by atoms with Gasteiger partial charge in [0.05, 0.1) is 11.6 Å². The summed E-state index contributed by atoms with van der Waals surface area (Å²) in [5.74, 6) is 0.233. The number of benzene rings is 1. The van der Waals surface area contributed by atoms with Gasteiger partial charge in [-0.15, -0.1) is 0 Å². The first-order valence-corrected chi connectivity index (χ1v) is 5.50. The van der Waals surface area contributed by atoms with E-state index in [1.54, 1.807) is 18.2 Å². The molecule has 0 aliphatic heterocycles. The van der Waals surface area contributed by atoms with Gasteiger partial charge in [0.2, 0.25) is 0 Å². The first kappa shape index (κ1) is 12.1. The van der Waals surface area contributed by atoms with Crippen LogP contribution in [0.15, 0.2) is 30.3 Å². The van der Waals surface area contributed by atoms with Gasteiger partial charge in [0.25, 0.3) is 0 Å². The van der Waals surface area contributed by atoms with E-state index in [-0.39, 0.29) is 5.82 Å². The van der Waals surface area contributed by atoms with Crippen LogP contribution < -0.4 is 5.32 Å². The minimum absolute atomic E-state index is 0.309. The maximum atomic E-state index is 13.2. The van der Waals surface area contributed by atoms with Gasteiger partial charge in [0.15, 0.2) is 0 Å². The Labute approximate surface area is 105 Å². The van der Waals surface area contributed by atoms with Crippen molar-refractivity contribution in [1.82, 2.24) is 4.98 Å². The Hall–Kier alpha value is -2.41. The predicted molar refractivity (Wildman–Crippen MR) is 68.1 cm³/mol. The molecule has 1 aromatic carbocycles. The van der Waals surface area contributed by atoms with Gasteiger partial charge in [0.1, 0.15) is 11.6 Å². The van der Waals surface area contributed by atoms with E-state index >= 15 is 0 Å². The predicted octanol–water partition coefficient (Wildman–Crippen LogP) is 3.45. The van der Waals surface area contributed by atoms with Crippen LogP contribution in [0.25, 0.3) is 0 Å². The smallest absolute Gasteiger partial charge is 0.131 e. The van der Waals surface area contributed by atoms with Gasteiger partial charge in [-0.05, 0) is 43.7 Å². The number of hydrogen-bond donors (Lipinski definition) is 1. The van der Waals surface area contributed by atoms with Gasteiger partial charge < -0.3 is 5.32 Å². The summed E-state index contributed by atoms with van der Waals surface area (Å²) < 4.78 is 13.2. The third-order valence-corrected chi connectivity index (χ3v) is 2.54. The third kappa shape index (κ3) is 2.64. The van der Waals surface area contributed by atoms with Crippen LogP contribution >= 0.6 is 0 Å². The molecular formula is C14H12FN3. The van der Waals surface area contributed by atoms with E-state index < -0.39 is 0 Å². The Morgan fingerprint density at radius 3 is 2.72 bits per heavy atom. The average molecular weight is 241 g/mol. The summed E-state index contributed by atoms with van der Waals surface area (Å²) in [7, 11) is 0. The van der Waals surface area contributed by atoms with E-state index in [4.69, 9.17) is 5.26 Å². The molecule has 0 saturated heterocycles. The lowest BCUT2D eigenvalue weighted by molar-refractivity contribution is 0.628. The van der Waals surface area contributed by atoms with Gasteiger partial charge in [-0.1, -0.05) is 6.07 Å². The average Bonchev–Trinajstić information content (AvgIpc) is 2.33. The Balaban J connectivity index is 2.37. The Morgan fingerprint density at radius 1 is 1.22 bits per heavy atom. The molecule has 18 heavy (non-hydrogen) atoms. The van der Waals surface area contributed by atoms with Gasteiger partial charge >= 0.3 is 0 Å². The van der Waals surface area contributed by atoms with Crippen molar-refractivity contribution in [3.05, 3.63) is 53.0 Å².